The fourth-order valence-corrected chi connectivity index (χ4v) is 3.48. The van der Waals surface area contributed by atoms with Gasteiger partial charge in [-0.1, -0.05) is 6.07 Å². The van der Waals surface area contributed by atoms with Crippen LogP contribution >= 0.6 is 0 Å². The van der Waals surface area contributed by atoms with Crippen LogP contribution in [0.3, 0.4) is 0 Å². The van der Waals surface area contributed by atoms with Gasteiger partial charge in [0.2, 0.25) is 5.91 Å². The van der Waals surface area contributed by atoms with Crippen LogP contribution in [0.1, 0.15) is 24.5 Å². The molecule has 2 aromatic rings. The second-order valence-electron chi connectivity index (χ2n) is 7.45. The average molecular weight is 422 g/mol. The van der Waals surface area contributed by atoms with Crippen LogP contribution in [0.25, 0.3) is 0 Å². The summed E-state index contributed by atoms with van der Waals surface area (Å²) in [5.74, 6) is -1.43. The van der Waals surface area contributed by atoms with Gasteiger partial charge in [-0.25, -0.2) is 9.18 Å². The largest absolute Gasteiger partial charge is 0.332 e. The Morgan fingerprint density at radius 1 is 1.13 bits per heavy atom. The van der Waals surface area contributed by atoms with Crippen LogP contribution in [-0.2, 0) is 9.59 Å². The van der Waals surface area contributed by atoms with Gasteiger partial charge >= 0.3 is 6.03 Å². The van der Waals surface area contributed by atoms with Gasteiger partial charge in [-0.2, -0.15) is 5.26 Å². The molecule has 0 spiro atoms. The number of anilines is 2. The molecule has 1 saturated heterocycles. The number of urea groups is 1. The molecule has 3 rings (SSSR count). The zero-order valence-corrected chi connectivity index (χ0v) is 17.6. The van der Waals surface area contributed by atoms with Gasteiger partial charge in [0.15, 0.2) is 0 Å². The molecule has 160 valence electrons. The third-order valence-electron chi connectivity index (χ3n) is 5.40. The van der Waals surface area contributed by atoms with Gasteiger partial charge in [-0.15, -0.1) is 0 Å². The number of halogens is 1. The van der Waals surface area contributed by atoms with E-state index in [4.69, 9.17) is 5.26 Å². The SMILES string of the molecule is Cc1ccc(N(CCC#N)C(=O)CN2C(=O)C(C)N(c3ccc(F)cc3)C2=O)cc1C. The minimum atomic E-state index is -0.820. The summed E-state index contributed by atoms with van der Waals surface area (Å²) in [6.45, 7) is 5.13. The summed E-state index contributed by atoms with van der Waals surface area (Å²) in [6.07, 6.45) is 0.110. The van der Waals surface area contributed by atoms with Crippen molar-refractivity contribution in [3.63, 3.8) is 0 Å². The molecule has 1 aliphatic heterocycles. The third kappa shape index (κ3) is 4.40. The molecule has 1 unspecified atom stereocenters. The molecule has 31 heavy (non-hydrogen) atoms. The number of amides is 4. The van der Waals surface area contributed by atoms with Crippen molar-refractivity contribution >= 4 is 29.2 Å². The third-order valence-corrected chi connectivity index (χ3v) is 5.40. The molecule has 1 fully saturated rings. The summed E-state index contributed by atoms with van der Waals surface area (Å²) in [6, 6.07) is 11.3. The van der Waals surface area contributed by atoms with Crippen molar-refractivity contribution in [2.45, 2.75) is 33.2 Å². The second kappa shape index (κ2) is 8.96. The molecule has 0 aromatic heterocycles. The Labute approximate surface area is 180 Å². The first-order valence-corrected chi connectivity index (χ1v) is 9.89. The van der Waals surface area contributed by atoms with Gasteiger partial charge in [0, 0.05) is 17.9 Å². The monoisotopic (exact) mass is 422 g/mol. The minimum absolute atomic E-state index is 0.110. The predicted octanol–water partition coefficient (Wildman–Crippen LogP) is 3.55. The quantitative estimate of drug-likeness (QED) is 0.667. The molecular weight excluding hydrogens is 399 g/mol. The van der Waals surface area contributed by atoms with Gasteiger partial charge < -0.3 is 4.90 Å². The summed E-state index contributed by atoms with van der Waals surface area (Å²) in [5.41, 5.74) is 3.02. The van der Waals surface area contributed by atoms with Crippen molar-refractivity contribution in [3.8, 4) is 6.07 Å². The van der Waals surface area contributed by atoms with E-state index < -0.39 is 36.2 Å². The smallest absolute Gasteiger partial charge is 0.310 e. The molecule has 1 heterocycles. The Morgan fingerprint density at radius 2 is 1.81 bits per heavy atom. The van der Waals surface area contributed by atoms with Gasteiger partial charge in [0.1, 0.15) is 18.4 Å². The van der Waals surface area contributed by atoms with Gasteiger partial charge in [0.05, 0.1) is 12.5 Å². The van der Waals surface area contributed by atoms with Crippen LogP contribution in [0.15, 0.2) is 42.5 Å². The lowest BCUT2D eigenvalue weighted by molar-refractivity contribution is -0.131. The minimum Gasteiger partial charge on any atom is -0.310 e. The highest BCUT2D eigenvalue weighted by molar-refractivity contribution is 6.16. The maximum Gasteiger partial charge on any atom is 0.332 e. The molecule has 0 N–H and O–H groups in total. The Morgan fingerprint density at radius 3 is 2.42 bits per heavy atom. The number of carbonyl (C=O) groups is 3. The molecule has 0 radical (unpaired) electrons. The standard InChI is InChI=1S/C23H23FN4O3/c1-15-5-8-20(13-16(15)2)26(12-4-11-25)21(29)14-27-22(30)17(3)28(23(27)31)19-9-6-18(24)7-10-19/h5-10,13,17H,4,12,14H2,1-3H3. The molecule has 1 atom stereocenters. The van der Waals surface area contributed by atoms with E-state index in [0.29, 0.717) is 11.4 Å². The maximum absolute atomic E-state index is 13.2. The average Bonchev–Trinajstić information content (AvgIpc) is 2.95. The first-order valence-electron chi connectivity index (χ1n) is 9.89. The molecule has 1 aliphatic rings. The fraction of sp³-hybridized carbons (Fsp3) is 0.304. The first kappa shape index (κ1) is 22.0. The molecule has 8 heteroatoms. The molecule has 2 aromatic carbocycles. The molecule has 0 bridgehead atoms. The van der Waals surface area contributed by atoms with E-state index >= 15 is 0 Å². The normalized spacial score (nSPS) is 15.9. The molecule has 7 nitrogen and oxygen atoms in total. The predicted molar refractivity (Wildman–Crippen MR) is 114 cm³/mol. The van der Waals surface area contributed by atoms with Crippen LogP contribution < -0.4 is 9.80 Å². The lowest BCUT2D eigenvalue weighted by Gasteiger charge is -2.25. The van der Waals surface area contributed by atoms with Crippen LogP contribution in [0.5, 0.6) is 0 Å². The topological polar surface area (TPSA) is 84.7 Å². The summed E-state index contributed by atoms with van der Waals surface area (Å²) in [5, 5.41) is 8.99. The highest BCUT2D eigenvalue weighted by Gasteiger charge is 2.44. The number of hydrogen-bond donors (Lipinski definition) is 0. The van der Waals surface area contributed by atoms with Gasteiger partial charge in [-0.3, -0.25) is 19.4 Å². The molecule has 0 saturated carbocycles. The highest BCUT2D eigenvalue weighted by Crippen LogP contribution is 2.27. The zero-order valence-electron chi connectivity index (χ0n) is 17.6. The van der Waals surface area contributed by atoms with Crippen molar-refractivity contribution in [2.24, 2.45) is 0 Å². The van der Waals surface area contributed by atoms with E-state index in [9.17, 15) is 18.8 Å². The van der Waals surface area contributed by atoms with Crippen LogP contribution in [0, 0.1) is 31.0 Å². The van der Waals surface area contributed by atoms with Crippen molar-refractivity contribution in [1.29, 1.82) is 5.26 Å². The molecule has 4 amide bonds. The number of nitriles is 1. The van der Waals surface area contributed by atoms with Crippen molar-refractivity contribution in [1.82, 2.24) is 4.90 Å². The van der Waals surface area contributed by atoms with Gasteiger partial charge in [-0.05, 0) is 68.3 Å². The zero-order chi connectivity index (χ0) is 22.7. The number of imide groups is 1. The van der Waals surface area contributed by atoms with Crippen molar-refractivity contribution in [3.05, 3.63) is 59.4 Å². The Balaban J connectivity index is 1.84. The van der Waals surface area contributed by atoms with Crippen molar-refractivity contribution in [2.75, 3.05) is 22.9 Å². The lowest BCUT2D eigenvalue weighted by Crippen LogP contribution is -2.44. The maximum atomic E-state index is 13.2. The number of carbonyl (C=O) groups excluding carboxylic acids is 3. The number of aryl methyl sites for hydroxylation is 2. The second-order valence-corrected chi connectivity index (χ2v) is 7.45. The molecule has 0 aliphatic carbocycles. The van der Waals surface area contributed by atoms with E-state index in [0.717, 1.165) is 16.0 Å². The summed E-state index contributed by atoms with van der Waals surface area (Å²) >= 11 is 0. The first-order chi connectivity index (χ1) is 14.7. The van der Waals surface area contributed by atoms with E-state index in [1.165, 1.54) is 34.1 Å². The highest BCUT2D eigenvalue weighted by atomic mass is 19.1. The van der Waals surface area contributed by atoms with Crippen molar-refractivity contribution < 1.29 is 18.8 Å². The van der Waals surface area contributed by atoms with Gasteiger partial charge in [0.25, 0.3) is 5.91 Å². The molecular formula is C23H23FN4O3. The summed E-state index contributed by atoms with van der Waals surface area (Å²) in [7, 11) is 0. The van der Waals surface area contributed by atoms with E-state index in [1.54, 1.807) is 13.0 Å². The Hall–Kier alpha value is -3.73. The number of nitrogens with zero attached hydrogens (tertiary/aromatic N) is 4. The summed E-state index contributed by atoms with van der Waals surface area (Å²) < 4.78 is 13.2. The lowest BCUT2D eigenvalue weighted by atomic mass is 10.1. The summed E-state index contributed by atoms with van der Waals surface area (Å²) in [4.78, 5) is 42.3. The Kier molecular flexibility index (Phi) is 6.35. The van der Waals surface area contributed by atoms with Crippen LogP contribution in [0.4, 0.5) is 20.6 Å². The van der Waals surface area contributed by atoms with Crippen LogP contribution in [-0.4, -0.2) is 41.9 Å². The van der Waals surface area contributed by atoms with E-state index in [2.05, 4.69) is 0 Å². The van der Waals surface area contributed by atoms with Crippen LogP contribution in [0.2, 0.25) is 0 Å². The van der Waals surface area contributed by atoms with E-state index in [-0.39, 0.29) is 13.0 Å². The fourth-order valence-electron chi connectivity index (χ4n) is 3.48. The number of hydrogen-bond acceptors (Lipinski definition) is 4. The number of benzene rings is 2. The van der Waals surface area contributed by atoms with E-state index in [1.807, 2.05) is 32.0 Å². The Bertz CT molecular complexity index is 1060. The number of rotatable bonds is 6.